The molecule has 1 aliphatic rings. The first-order valence-corrected chi connectivity index (χ1v) is 11.1. The van der Waals surface area contributed by atoms with Crippen molar-refractivity contribution in [2.24, 2.45) is 0 Å². The minimum Gasteiger partial charge on any atom is -0.430 e. The smallest absolute Gasteiger partial charge is 0.430 e. The molecule has 0 spiro atoms. The van der Waals surface area contributed by atoms with E-state index in [-0.39, 0.29) is 6.10 Å². The van der Waals surface area contributed by atoms with Gasteiger partial charge < -0.3 is 13.6 Å². The number of ether oxygens (including phenoxy) is 2. The minimum atomic E-state index is -6.72. The summed E-state index contributed by atoms with van der Waals surface area (Å²) in [4.78, 5) is 10.7. The molecule has 180 valence electrons. The fourth-order valence-electron chi connectivity index (χ4n) is 1.98. The second-order valence-corrected chi connectivity index (χ2v) is 9.26. The molecule has 31 heavy (non-hydrogen) atoms. The van der Waals surface area contributed by atoms with E-state index < -0.39 is 37.2 Å². The molecule has 2 rings (SSSR count). The Balaban J connectivity index is 0.000000311. The van der Waals surface area contributed by atoms with Crippen molar-refractivity contribution >= 4 is 26.2 Å². The van der Waals surface area contributed by atoms with Crippen molar-refractivity contribution in [1.29, 1.82) is 0 Å². The number of aromatic nitrogens is 2. The summed E-state index contributed by atoms with van der Waals surface area (Å²) >= 11 is 0. The van der Waals surface area contributed by atoms with Gasteiger partial charge in [-0.25, -0.2) is 30.8 Å². The van der Waals surface area contributed by atoms with Gasteiger partial charge in [0.15, 0.2) is 20.0 Å². The fourth-order valence-corrected chi connectivity index (χ4v) is 3.69. The molecular formula is C13H17F6N3O7S2. The van der Waals surface area contributed by atoms with Crippen molar-refractivity contribution in [3.8, 4) is 0 Å². The maximum atomic E-state index is 11.4. The predicted octanol–water partition coefficient (Wildman–Crippen LogP) is 2.17. The van der Waals surface area contributed by atoms with Crippen molar-refractivity contribution in [3.63, 3.8) is 0 Å². The monoisotopic (exact) mass is 505 g/mol. The van der Waals surface area contributed by atoms with Crippen LogP contribution in [-0.2, 0) is 42.6 Å². The quantitative estimate of drug-likeness (QED) is 0.316. The molecule has 1 atom stereocenters. The van der Waals surface area contributed by atoms with Gasteiger partial charge in [-0.05, 0) is 19.8 Å². The Labute approximate surface area is 172 Å². The average molecular weight is 505 g/mol. The first-order valence-electron chi connectivity index (χ1n) is 8.23. The van der Waals surface area contributed by atoms with Crippen molar-refractivity contribution in [1.82, 2.24) is 4.57 Å². The summed E-state index contributed by atoms with van der Waals surface area (Å²) in [6.07, 6.45) is 7.45. The molecule has 1 aromatic rings. The molecule has 2 heterocycles. The minimum absolute atomic E-state index is 0.0543. The lowest BCUT2D eigenvalue weighted by molar-refractivity contribution is -0.697. The van der Waals surface area contributed by atoms with E-state index in [0.29, 0.717) is 6.61 Å². The zero-order chi connectivity index (χ0) is 24.1. The third-order valence-electron chi connectivity index (χ3n) is 3.49. The molecule has 1 aliphatic heterocycles. The highest BCUT2D eigenvalue weighted by Crippen LogP contribution is 2.36. The summed E-state index contributed by atoms with van der Waals surface area (Å²) in [5, 5.41) is 0. The Hall–Kier alpha value is -2.08. The highest BCUT2D eigenvalue weighted by Gasteiger charge is 2.46. The summed E-state index contributed by atoms with van der Waals surface area (Å²) in [5.41, 5.74) is -12.4. The topological polar surface area (TPSA) is 127 Å². The van der Waals surface area contributed by atoms with E-state index in [4.69, 9.17) is 9.47 Å². The predicted molar refractivity (Wildman–Crippen MR) is 89.1 cm³/mol. The summed E-state index contributed by atoms with van der Waals surface area (Å²) < 4.78 is 123. The highest BCUT2D eigenvalue weighted by molar-refractivity contribution is 8.13. The molecule has 1 unspecified atom stereocenters. The van der Waals surface area contributed by atoms with Crippen molar-refractivity contribution in [2.75, 3.05) is 6.61 Å². The van der Waals surface area contributed by atoms with Crippen LogP contribution in [-0.4, -0.2) is 51.3 Å². The third kappa shape index (κ3) is 8.17. The van der Waals surface area contributed by atoms with Gasteiger partial charge in [-0.1, -0.05) is 0 Å². The van der Waals surface area contributed by atoms with Gasteiger partial charge in [0, 0.05) is 0 Å². The van der Waals surface area contributed by atoms with E-state index >= 15 is 0 Å². The lowest BCUT2D eigenvalue weighted by atomic mass is 10.2. The second-order valence-electron chi connectivity index (χ2n) is 5.84. The van der Waals surface area contributed by atoms with Gasteiger partial charge >= 0.3 is 17.2 Å². The van der Waals surface area contributed by atoms with Crippen LogP contribution in [0.25, 0.3) is 4.13 Å². The van der Waals surface area contributed by atoms with Crippen LogP contribution in [0.5, 0.6) is 0 Å². The van der Waals surface area contributed by atoms with Crippen LogP contribution in [0.4, 0.5) is 31.1 Å². The van der Waals surface area contributed by atoms with Crippen LogP contribution >= 0.6 is 0 Å². The number of carbonyl (C=O) groups excluding carboxylic acids is 1. The van der Waals surface area contributed by atoms with Gasteiger partial charge in [0.2, 0.25) is 6.33 Å². The number of rotatable bonds is 7. The number of halogens is 6. The van der Waals surface area contributed by atoms with E-state index in [2.05, 4.69) is 34.8 Å². The van der Waals surface area contributed by atoms with Crippen molar-refractivity contribution < 1.29 is 62.0 Å². The molecule has 0 aromatic carbocycles. The molecule has 1 saturated heterocycles. The van der Waals surface area contributed by atoms with Crippen LogP contribution in [0.3, 0.4) is 0 Å². The lowest BCUT2D eigenvalue weighted by Crippen LogP contribution is -2.31. The Kier molecular flexibility index (Phi) is 8.72. The van der Waals surface area contributed by atoms with Gasteiger partial charge in [-0.3, -0.25) is 0 Å². The summed E-state index contributed by atoms with van der Waals surface area (Å²) in [6.45, 7) is 4.45. The molecule has 18 heteroatoms. The Bertz CT molecular complexity index is 915. The zero-order valence-electron chi connectivity index (χ0n) is 15.6. The molecule has 1 aromatic heterocycles. The summed E-state index contributed by atoms with van der Waals surface area (Å²) in [7, 11) is -13.4. The number of aryl methyl sites for hydroxylation is 2. The first kappa shape index (κ1) is 27.0. The van der Waals surface area contributed by atoms with Crippen molar-refractivity contribution in [3.05, 3.63) is 22.8 Å². The number of imidazole rings is 1. The van der Waals surface area contributed by atoms with Crippen LogP contribution in [0, 0.1) is 0 Å². The maximum Gasteiger partial charge on any atom is 0.508 e. The van der Waals surface area contributed by atoms with E-state index in [1.807, 2.05) is 0 Å². The van der Waals surface area contributed by atoms with Crippen LogP contribution in [0.2, 0.25) is 0 Å². The van der Waals surface area contributed by atoms with Crippen LogP contribution in [0.15, 0.2) is 18.7 Å². The van der Waals surface area contributed by atoms with Gasteiger partial charge in [0.05, 0.1) is 13.1 Å². The average Bonchev–Trinajstić information content (AvgIpc) is 3.21. The molecular weight excluding hydrogens is 488 g/mol. The van der Waals surface area contributed by atoms with E-state index in [0.717, 1.165) is 30.1 Å². The molecule has 0 radical (unpaired) electrons. The highest BCUT2D eigenvalue weighted by atomic mass is 32.3. The number of hydrogen-bond acceptors (Lipinski definition) is 7. The maximum absolute atomic E-state index is 11.4. The van der Waals surface area contributed by atoms with Gasteiger partial charge in [-0.15, -0.1) is 0 Å². The molecule has 1 fully saturated rings. The largest absolute Gasteiger partial charge is 0.508 e. The van der Waals surface area contributed by atoms with E-state index in [1.165, 1.54) is 0 Å². The van der Waals surface area contributed by atoms with Crippen LogP contribution in [0.1, 0.15) is 19.8 Å². The number of hydrogen-bond donors (Lipinski definition) is 0. The van der Waals surface area contributed by atoms with E-state index in [9.17, 15) is 48.0 Å². The third-order valence-corrected chi connectivity index (χ3v) is 6.22. The second kappa shape index (κ2) is 10.0. The standard InChI is InChI=1S/C11H17N2O3.C2F6NO4S2/c1-2-12-6-7-13(9-12)5-3-4-10-8-15-11(14)16-10;3-1(4,5)14(10,11)9-15(12,13)2(6,7)8/h6-7,9-10H,2-5,8H2,1H3;/q+1;-1. The molecule has 0 saturated carbocycles. The van der Waals surface area contributed by atoms with Gasteiger partial charge in [-0.2, -0.15) is 26.3 Å². The van der Waals surface area contributed by atoms with E-state index in [1.54, 1.807) is 0 Å². The SMILES string of the molecule is CCn1cc[n+](CCCC2COC(=O)O2)c1.O=S(=O)([N-]S(=O)(=O)C(F)(F)F)C(F)(F)F. The van der Waals surface area contributed by atoms with Crippen LogP contribution < -0.4 is 4.57 Å². The number of carbonyl (C=O) groups is 1. The zero-order valence-corrected chi connectivity index (χ0v) is 17.3. The van der Waals surface area contributed by atoms with Crippen molar-refractivity contribution in [2.45, 2.75) is 50.0 Å². The fraction of sp³-hybridized carbons (Fsp3) is 0.692. The number of alkyl halides is 6. The lowest BCUT2D eigenvalue weighted by Gasteiger charge is -2.22. The number of sulfonamides is 2. The first-order chi connectivity index (χ1) is 14.0. The molecule has 0 amide bonds. The molecule has 0 aliphatic carbocycles. The molecule has 10 nitrogen and oxygen atoms in total. The molecule has 0 N–H and O–H groups in total. The number of nitrogens with zero attached hydrogens (tertiary/aromatic N) is 3. The molecule has 0 bridgehead atoms. The van der Waals surface area contributed by atoms with Gasteiger partial charge in [0.1, 0.15) is 25.1 Å². The Morgan fingerprint density at radius 2 is 1.68 bits per heavy atom. The summed E-state index contributed by atoms with van der Waals surface area (Å²) in [5.74, 6) is 0. The normalized spacial score (nSPS) is 17.5. The Morgan fingerprint density at radius 3 is 2.06 bits per heavy atom. The Morgan fingerprint density at radius 1 is 1.13 bits per heavy atom. The summed E-state index contributed by atoms with van der Waals surface area (Å²) in [6, 6.07) is 0. The number of cyclic esters (lactones) is 2. The van der Waals surface area contributed by atoms with Gasteiger partial charge in [0.25, 0.3) is 0 Å².